The summed E-state index contributed by atoms with van der Waals surface area (Å²) in [7, 11) is 1.75. The first kappa shape index (κ1) is 19.1. The number of hydrogen-bond acceptors (Lipinski definition) is 8. The molecule has 0 unspecified atom stereocenters. The molecule has 1 rings (SSSR count). The van der Waals surface area contributed by atoms with Gasteiger partial charge in [-0.2, -0.15) is 10.5 Å². The summed E-state index contributed by atoms with van der Waals surface area (Å²) in [6, 6.07) is 4.02. The molecule has 0 spiro atoms. The van der Waals surface area contributed by atoms with Crippen molar-refractivity contribution >= 4 is 17.3 Å². The van der Waals surface area contributed by atoms with Crippen LogP contribution in [0, 0.1) is 32.8 Å². The fourth-order valence-corrected chi connectivity index (χ4v) is 2.23. The first-order valence-corrected chi connectivity index (χ1v) is 7.76. The van der Waals surface area contributed by atoms with Crippen molar-refractivity contribution in [3.05, 3.63) is 16.4 Å². The molecule has 24 heavy (non-hydrogen) atoms. The van der Waals surface area contributed by atoms with Gasteiger partial charge in [0.2, 0.25) is 11.6 Å². The van der Waals surface area contributed by atoms with E-state index in [4.69, 9.17) is 10.5 Å². The Labute approximate surface area is 141 Å². The third-order valence-corrected chi connectivity index (χ3v) is 3.46. The van der Waals surface area contributed by atoms with Gasteiger partial charge in [0, 0.05) is 26.7 Å². The minimum absolute atomic E-state index is 0.152. The topological polar surface area (TPSA) is 123 Å². The van der Waals surface area contributed by atoms with Gasteiger partial charge in [-0.05, 0) is 6.42 Å². The number of aromatic nitrogens is 2. The Morgan fingerprint density at radius 1 is 1.17 bits per heavy atom. The third kappa shape index (κ3) is 5.06. The Bertz CT molecular complexity index is 618. The highest BCUT2D eigenvalue weighted by Gasteiger charge is 2.28. The summed E-state index contributed by atoms with van der Waals surface area (Å²) in [5, 5.41) is 29.2. The lowest BCUT2D eigenvalue weighted by Gasteiger charge is -2.23. The fourth-order valence-electron chi connectivity index (χ4n) is 2.23. The summed E-state index contributed by atoms with van der Waals surface area (Å²) in [6.45, 7) is 3.23. The van der Waals surface area contributed by atoms with Gasteiger partial charge in [-0.15, -0.1) is 0 Å². The van der Waals surface area contributed by atoms with E-state index in [2.05, 4.69) is 9.97 Å². The summed E-state index contributed by atoms with van der Waals surface area (Å²) in [5.41, 5.74) is -0.188. The first-order chi connectivity index (χ1) is 11.6. The van der Waals surface area contributed by atoms with E-state index in [0.29, 0.717) is 6.54 Å². The van der Waals surface area contributed by atoms with Gasteiger partial charge in [-0.25, -0.2) is 9.97 Å². The second kappa shape index (κ2) is 9.95. The molecule has 0 aromatic carbocycles. The van der Waals surface area contributed by atoms with Gasteiger partial charge in [-0.3, -0.25) is 10.1 Å². The van der Waals surface area contributed by atoms with Crippen molar-refractivity contribution in [2.45, 2.75) is 32.6 Å². The van der Waals surface area contributed by atoms with Crippen LogP contribution in [0.5, 0.6) is 0 Å². The van der Waals surface area contributed by atoms with Crippen LogP contribution in [0.4, 0.5) is 17.3 Å². The maximum Gasteiger partial charge on any atom is 0.353 e. The fraction of sp³-hybridized carbons (Fsp3) is 0.600. The van der Waals surface area contributed by atoms with Gasteiger partial charge in [0.25, 0.3) is 0 Å². The SMILES string of the molecule is CCCCN(C)c1ncnc(N(CCC#N)CCC#N)c1[N+](=O)[O-]. The molecule has 0 saturated heterocycles. The maximum atomic E-state index is 11.6. The van der Waals surface area contributed by atoms with Crippen LogP contribution in [0.25, 0.3) is 0 Å². The molecule has 1 heterocycles. The molecule has 9 nitrogen and oxygen atoms in total. The minimum Gasteiger partial charge on any atom is -0.354 e. The largest absolute Gasteiger partial charge is 0.354 e. The van der Waals surface area contributed by atoms with Gasteiger partial charge in [0.15, 0.2) is 0 Å². The molecule has 128 valence electrons. The van der Waals surface area contributed by atoms with Crippen molar-refractivity contribution in [3.8, 4) is 12.1 Å². The van der Waals surface area contributed by atoms with Crippen LogP contribution >= 0.6 is 0 Å². The Morgan fingerprint density at radius 3 is 2.25 bits per heavy atom. The van der Waals surface area contributed by atoms with Gasteiger partial charge >= 0.3 is 5.69 Å². The highest BCUT2D eigenvalue weighted by molar-refractivity contribution is 5.71. The van der Waals surface area contributed by atoms with E-state index in [-0.39, 0.29) is 43.3 Å². The van der Waals surface area contributed by atoms with Crippen LogP contribution in [0.15, 0.2) is 6.33 Å². The predicted octanol–water partition coefficient (Wildman–Crippen LogP) is 2.25. The number of hydrogen-bond donors (Lipinski definition) is 0. The minimum atomic E-state index is -0.501. The van der Waals surface area contributed by atoms with Crippen LogP contribution in [0.3, 0.4) is 0 Å². The number of nitrogens with zero attached hydrogens (tertiary/aromatic N) is 7. The Balaban J connectivity index is 3.26. The van der Waals surface area contributed by atoms with E-state index < -0.39 is 4.92 Å². The lowest BCUT2D eigenvalue weighted by atomic mass is 10.3. The Hall–Kier alpha value is -2.94. The lowest BCUT2D eigenvalue weighted by molar-refractivity contribution is -0.383. The summed E-state index contributed by atoms with van der Waals surface area (Å²) in [6.07, 6.45) is 3.51. The highest BCUT2D eigenvalue weighted by Crippen LogP contribution is 2.33. The van der Waals surface area contributed by atoms with Gasteiger partial charge in [0.1, 0.15) is 6.33 Å². The molecule has 9 heteroatoms. The quantitative estimate of drug-likeness (QED) is 0.472. The molecule has 0 amide bonds. The Kier molecular flexibility index (Phi) is 7.92. The second-order valence-electron chi connectivity index (χ2n) is 5.20. The molecule has 0 aliphatic heterocycles. The number of nitriles is 2. The second-order valence-corrected chi connectivity index (χ2v) is 5.20. The van der Waals surface area contributed by atoms with Crippen molar-refractivity contribution in [1.82, 2.24) is 9.97 Å². The monoisotopic (exact) mass is 331 g/mol. The highest BCUT2D eigenvalue weighted by atomic mass is 16.6. The number of nitro groups is 1. The normalized spacial score (nSPS) is 9.83. The molecular formula is C15H21N7O2. The van der Waals surface area contributed by atoms with E-state index >= 15 is 0 Å². The number of rotatable bonds is 10. The van der Waals surface area contributed by atoms with Crippen molar-refractivity contribution < 1.29 is 4.92 Å². The van der Waals surface area contributed by atoms with Gasteiger partial charge < -0.3 is 9.80 Å². The standard InChI is InChI=1S/C15H21N7O2/c1-3-4-9-20(2)14-13(22(23)24)15(19-12-18-14)21(10-5-7-16)11-6-8-17/h12H,3-6,9-11H2,1-2H3. The van der Waals surface area contributed by atoms with Crippen LogP contribution < -0.4 is 9.80 Å². The molecule has 0 N–H and O–H groups in total. The van der Waals surface area contributed by atoms with Crippen molar-refractivity contribution in [3.63, 3.8) is 0 Å². The zero-order valence-electron chi connectivity index (χ0n) is 14.0. The van der Waals surface area contributed by atoms with Crippen molar-refractivity contribution in [2.75, 3.05) is 36.5 Å². The Morgan fingerprint density at radius 2 is 1.75 bits per heavy atom. The first-order valence-electron chi connectivity index (χ1n) is 7.76. The van der Waals surface area contributed by atoms with Crippen LogP contribution in [-0.4, -0.2) is 41.6 Å². The number of unbranched alkanes of at least 4 members (excludes halogenated alkanes) is 1. The van der Waals surface area contributed by atoms with Crippen LogP contribution in [-0.2, 0) is 0 Å². The van der Waals surface area contributed by atoms with Crippen molar-refractivity contribution in [2.24, 2.45) is 0 Å². The lowest BCUT2D eigenvalue weighted by Crippen LogP contribution is -2.29. The van der Waals surface area contributed by atoms with Gasteiger partial charge in [-0.1, -0.05) is 13.3 Å². The van der Waals surface area contributed by atoms with E-state index in [1.807, 2.05) is 19.1 Å². The van der Waals surface area contributed by atoms with Crippen LogP contribution in [0.2, 0.25) is 0 Å². The molecule has 0 bridgehead atoms. The zero-order chi connectivity index (χ0) is 17.9. The molecule has 0 radical (unpaired) electrons. The molecule has 0 atom stereocenters. The maximum absolute atomic E-state index is 11.6. The summed E-state index contributed by atoms with van der Waals surface area (Å²) in [4.78, 5) is 22.6. The third-order valence-electron chi connectivity index (χ3n) is 3.46. The summed E-state index contributed by atoms with van der Waals surface area (Å²) < 4.78 is 0. The zero-order valence-corrected chi connectivity index (χ0v) is 14.0. The average molecular weight is 331 g/mol. The smallest absolute Gasteiger partial charge is 0.353 e. The molecule has 0 fully saturated rings. The average Bonchev–Trinajstić information content (AvgIpc) is 2.59. The molecular weight excluding hydrogens is 310 g/mol. The van der Waals surface area contributed by atoms with E-state index in [0.717, 1.165) is 12.8 Å². The molecule has 0 aliphatic rings. The van der Waals surface area contributed by atoms with E-state index in [9.17, 15) is 10.1 Å². The molecule has 0 saturated carbocycles. The van der Waals surface area contributed by atoms with Gasteiger partial charge in [0.05, 0.1) is 29.9 Å². The molecule has 1 aromatic rings. The molecule has 1 aromatic heterocycles. The predicted molar refractivity (Wildman–Crippen MR) is 89.5 cm³/mol. The van der Waals surface area contributed by atoms with Crippen molar-refractivity contribution in [1.29, 1.82) is 10.5 Å². The summed E-state index contributed by atoms with van der Waals surface area (Å²) in [5.74, 6) is 0.399. The summed E-state index contributed by atoms with van der Waals surface area (Å²) >= 11 is 0. The molecule has 0 aliphatic carbocycles. The van der Waals surface area contributed by atoms with E-state index in [1.54, 1.807) is 16.8 Å². The van der Waals surface area contributed by atoms with Crippen LogP contribution in [0.1, 0.15) is 32.6 Å². The number of anilines is 2. The van der Waals surface area contributed by atoms with E-state index in [1.165, 1.54) is 6.33 Å².